The molecule has 0 aliphatic carbocycles. The van der Waals surface area contributed by atoms with E-state index >= 15 is 0 Å². The van der Waals surface area contributed by atoms with Gasteiger partial charge >= 0.3 is 5.97 Å². The van der Waals surface area contributed by atoms with Crippen molar-refractivity contribution in [1.82, 2.24) is 25.4 Å². The number of nitrogens with zero attached hydrogens (tertiary/aromatic N) is 4. The molecule has 20 heteroatoms. The number of esters is 1. The molecule has 0 spiro atoms. The predicted molar refractivity (Wildman–Crippen MR) is 267 cm³/mol. The van der Waals surface area contributed by atoms with Crippen LogP contribution in [0.25, 0.3) is 11.3 Å². The fraction of sp³-hybridized carbons (Fsp3) is 0.792. The number of aromatic nitrogens is 3. The van der Waals surface area contributed by atoms with Crippen LogP contribution in [0.4, 0.5) is 0 Å². The van der Waals surface area contributed by atoms with Crippen LogP contribution in [0.15, 0.2) is 30.5 Å². The average Bonchev–Trinajstić information content (AvgIpc) is 3.84. The van der Waals surface area contributed by atoms with Gasteiger partial charge in [-0.25, -0.2) is 5.48 Å². The van der Waals surface area contributed by atoms with Crippen LogP contribution in [0.1, 0.15) is 133 Å². The number of amides is 1. The largest absolute Gasteiger partial charge is 0.459 e. The molecule has 3 unspecified atom stereocenters. The number of unbranched alkanes of at least 4 members (excludes halogenated alkanes) is 3. The van der Waals surface area contributed by atoms with Crippen molar-refractivity contribution in [2.45, 2.75) is 224 Å². The number of likely N-dealkylation sites (N-methyl/N-ethyl adjacent to an activating group) is 1. The van der Waals surface area contributed by atoms with E-state index in [1.54, 1.807) is 58.6 Å². The number of aryl methyl sites for hydroxylation is 1. The number of aliphatic hydroxyl groups excluding tert-OH is 3. The molecule has 414 valence electrons. The van der Waals surface area contributed by atoms with Crippen LogP contribution in [0.3, 0.4) is 0 Å². The number of aliphatic hydroxyl groups is 4. The maximum Gasteiger partial charge on any atom is 0.311 e. The van der Waals surface area contributed by atoms with Crippen molar-refractivity contribution in [3.63, 3.8) is 0 Å². The van der Waals surface area contributed by atoms with E-state index < -0.39 is 108 Å². The molecule has 2 aromatic rings. The van der Waals surface area contributed by atoms with Gasteiger partial charge in [0, 0.05) is 69.5 Å². The highest BCUT2D eigenvalue weighted by atomic mass is 16.7. The second kappa shape index (κ2) is 26.0. The zero-order valence-corrected chi connectivity index (χ0v) is 45.4. The van der Waals surface area contributed by atoms with E-state index in [1.807, 2.05) is 51.4 Å². The minimum absolute atomic E-state index is 0.0627. The lowest BCUT2D eigenvalue weighted by atomic mass is 9.74. The summed E-state index contributed by atoms with van der Waals surface area (Å²) < 4.78 is 46.6. The third-order valence-electron chi connectivity index (χ3n) is 16.1. The Bertz CT molecular complexity index is 2080. The van der Waals surface area contributed by atoms with Crippen LogP contribution in [-0.4, -0.2) is 169 Å². The number of Topliss-reactive ketones (excluding diaryl/α,β-unsaturated/α-hetero) is 1. The maximum atomic E-state index is 14.5. The number of hydrogen-bond acceptors (Lipinski definition) is 18. The first-order valence-corrected chi connectivity index (χ1v) is 26.2. The molecule has 1 aromatic carbocycles. The quantitative estimate of drug-likeness (QED) is 0.0510. The summed E-state index contributed by atoms with van der Waals surface area (Å²) in [5.74, 6) is -5.13. The van der Waals surface area contributed by atoms with Gasteiger partial charge in [-0.2, -0.15) is 0 Å². The van der Waals surface area contributed by atoms with Gasteiger partial charge in [0.05, 0.1) is 53.8 Å². The van der Waals surface area contributed by atoms with Gasteiger partial charge in [-0.1, -0.05) is 70.0 Å². The molecular weight excluding hydrogens is 947 g/mol. The number of hydroxylamine groups is 1. The lowest BCUT2D eigenvalue weighted by molar-refractivity contribution is -0.319. The van der Waals surface area contributed by atoms with E-state index in [0.717, 1.165) is 36.1 Å². The number of nitrogens with one attached hydrogen (secondary N) is 1. The number of hydrogen-bond donors (Lipinski definition) is 6. The van der Waals surface area contributed by atoms with Gasteiger partial charge < -0.3 is 53.6 Å². The van der Waals surface area contributed by atoms with Crippen molar-refractivity contribution >= 4 is 17.7 Å². The molecule has 3 saturated heterocycles. The van der Waals surface area contributed by atoms with Crippen molar-refractivity contribution in [2.75, 3.05) is 21.3 Å². The molecule has 6 N–H and O–H groups in total. The fourth-order valence-corrected chi connectivity index (χ4v) is 11.2. The van der Waals surface area contributed by atoms with Crippen molar-refractivity contribution in [2.24, 2.45) is 23.7 Å². The molecule has 3 aliphatic heterocycles. The average molecular weight is 1030 g/mol. The smallest absolute Gasteiger partial charge is 0.311 e. The number of methoxy groups -OCH3 is 2. The standard InChI is InChI=1S/C53H87N5O15/c1-14-40-53(10,65)46(62)32(4)43(60)30(2)26-52(9,68-13)48(33(5)45(34(6)49(64)71-40)72-42-27-51(8,67-12)47(63)35(7)70-42)73-50-44(61)39(25-31(3)69-50)57(11)28-36-20-22-37(23-21-36)38-29-58(56-54-38)24-18-16-15-17-19-41(59)55-66/h20-23,29-35,39-40,42,44-48,50,61-63,65-66H,14-19,24-28H2,1-13H3,(H,55,59)/t30-,31-,32+,33+,34-,35+,39+,40?,42?,44-,45-,46-,47+,48-,50?,51-,52+,53-/m1/s1. The fourth-order valence-electron chi connectivity index (χ4n) is 11.2. The van der Waals surface area contributed by atoms with Crippen molar-refractivity contribution in [3.8, 4) is 11.3 Å². The summed E-state index contributed by atoms with van der Waals surface area (Å²) in [6.45, 7) is 18.2. The third kappa shape index (κ3) is 14.5. The van der Waals surface area contributed by atoms with Gasteiger partial charge in [-0.05, 0) is 86.3 Å². The molecule has 4 heterocycles. The molecule has 1 amide bonds. The monoisotopic (exact) mass is 1030 g/mol. The Kier molecular flexibility index (Phi) is 21.5. The number of ether oxygens (including phenoxy) is 7. The van der Waals surface area contributed by atoms with Crippen LogP contribution in [0.5, 0.6) is 0 Å². The molecule has 3 fully saturated rings. The normalized spacial score (nSPS) is 38.2. The van der Waals surface area contributed by atoms with Gasteiger partial charge in [-0.3, -0.25) is 29.2 Å². The van der Waals surface area contributed by atoms with Crippen LogP contribution in [-0.2, 0) is 60.6 Å². The van der Waals surface area contributed by atoms with Gasteiger partial charge in [0.1, 0.15) is 35.4 Å². The highest BCUT2D eigenvalue weighted by Gasteiger charge is 2.54. The topological polar surface area (TPSA) is 263 Å². The van der Waals surface area contributed by atoms with Crippen LogP contribution < -0.4 is 5.48 Å². The van der Waals surface area contributed by atoms with E-state index in [9.17, 15) is 34.8 Å². The van der Waals surface area contributed by atoms with E-state index in [0.29, 0.717) is 25.9 Å². The molecule has 0 saturated carbocycles. The Balaban J connectivity index is 1.42. The van der Waals surface area contributed by atoms with Crippen LogP contribution in [0, 0.1) is 23.7 Å². The number of carbonyl (C=O) groups excluding carboxylic acids is 3. The summed E-state index contributed by atoms with van der Waals surface area (Å²) in [7, 11) is 4.94. The Labute approximate surface area is 431 Å². The Morgan fingerprint density at radius 3 is 2.18 bits per heavy atom. The van der Waals surface area contributed by atoms with Crippen LogP contribution in [0.2, 0.25) is 0 Å². The highest BCUT2D eigenvalue weighted by Crippen LogP contribution is 2.42. The number of carbonyl (C=O) groups is 3. The molecule has 20 nitrogen and oxygen atoms in total. The zero-order chi connectivity index (χ0) is 54.2. The lowest BCUT2D eigenvalue weighted by Crippen LogP contribution is -2.61. The highest BCUT2D eigenvalue weighted by molar-refractivity contribution is 5.83. The zero-order valence-electron chi connectivity index (χ0n) is 45.4. The molecule has 0 radical (unpaired) electrons. The summed E-state index contributed by atoms with van der Waals surface area (Å²) >= 11 is 0. The number of rotatable bonds is 18. The van der Waals surface area contributed by atoms with Gasteiger partial charge in [-0.15, -0.1) is 5.10 Å². The third-order valence-corrected chi connectivity index (χ3v) is 16.1. The first-order chi connectivity index (χ1) is 34.3. The van der Waals surface area contributed by atoms with Gasteiger partial charge in [0.2, 0.25) is 5.91 Å². The van der Waals surface area contributed by atoms with E-state index in [1.165, 1.54) is 21.1 Å². The summed E-state index contributed by atoms with van der Waals surface area (Å²) in [5, 5.41) is 64.2. The Morgan fingerprint density at radius 1 is 0.890 bits per heavy atom. The summed E-state index contributed by atoms with van der Waals surface area (Å²) in [6, 6.07) is 7.57. The van der Waals surface area contributed by atoms with Gasteiger partial charge in [0.25, 0.3) is 0 Å². The number of benzene rings is 1. The Hall–Kier alpha value is -3.51. The van der Waals surface area contributed by atoms with Crippen LogP contribution >= 0.6 is 0 Å². The summed E-state index contributed by atoms with van der Waals surface area (Å²) in [4.78, 5) is 42.1. The molecule has 0 bridgehead atoms. The van der Waals surface area contributed by atoms with Crippen molar-refractivity contribution in [1.29, 1.82) is 0 Å². The second-order valence-corrected chi connectivity index (χ2v) is 21.8. The Morgan fingerprint density at radius 2 is 1.55 bits per heavy atom. The molecule has 73 heavy (non-hydrogen) atoms. The second-order valence-electron chi connectivity index (χ2n) is 21.8. The summed E-state index contributed by atoms with van der Waals surface area (Å²) in [5.41, 5.74) is -0.126. The molecule has 1 aromatic heterocycles. The maximum absolute atomic E-state index is 14.5. The van der Waals surface area contributed by atoms with E-state index in [2.05, 4.69) is 15.2 Å². The molecule has 5 rings (SSSR count). The lowest BCUT2D eigenvalue weighted by Gasteiger charge is -2.50. The van der Waals surface area contributed by atoms with E-state index in [4.69, 9.17) is 38.4 Å². The molecular formula is C53H87N5O15. The first-order valence-electron chi connectivity index (χ1n) is 26.2. The van der Waals surface area contributed by atoms with Crippen molar-refractivity contribution in [3.05, 3.63) is 36.0 Å². The SMILES string of the molecule is CCC1OC(=O)[C@H](C)[C@H](OC2C[C@@](C)(OC)[C@@H](O)[C@H](C)O2)[C@H](C)[C@@H](OC2O[C@H](C)C[C@H](N(C)Cc3ccc(-c4cn(CCCCCCC(=O)NO)nn4)cc3)[C@H]2O)[C@@](C)(OC)C[C@@H](C)C(=O)[C@H](C)[C@@H](O)[C@]1(C)O. The molecule has 3 aliphatic rings. The first kappa shape index (κ1) is 60.4. The number of ketones is 1. The van der Waals surface area contributed by atoms with Gasteiger partial charge in [0.15, 0.2) is 12.6 Å². The predicted octanol–water partition coefficient (Wildman–Crippen LogP) is 4.72. The van der Waals surface area contributed by atoms with Crippen molar-refractivity contribution < 1.29 is 73.2 Å². The van der Waals surface area contributed by atoms with E-state index in [-0.39, 0.29) is 43.5 Å². The minimum atomic E-state index is -2.01. The summed E-state index contributed by atoms with van der Waals surface area (Å²) in [6.07, 6.45) is -4.10. The minimum Gasteiger partial charge on any atom is -0.459 e. The number of cyclic esters (lactones) is 1. The molecule has 18 atom stereocenters.